The van der Waals surface area contributed by atoms with Crippen molar-refractivity contribution in [1.82, 2.24) is 4.72 Å². The number of fused-ring (bicyclic) bond motifs is 1. The molecule has 0 aliphatic carbocycles. The van der Waals surface area contributed by atoms with Crippen molar-refractivity contribution in [3.63, 3.8) is 0 Å². The molecule has 0 fully saturated rings. The minimum atomic E-state index is -3.70. The lowest BCUT2D eigenvalue weighted by Crippen LogP contribution is -2.37. The van der Waals surface area contributed by atoms with Gasteiger partial charge in [0.25, 0.3) is 0 Å². The molecule has 5 heteroatoms. The molecule has 0 heterocycles. The number of ketones is 1. The largest absolute Gasteiger partial charge is 0.298 e. The standard InChI is InChI=1S/C14H15NO3S/c1-10(11(2)16)15-19(17,18)14-9-5-7-12-6-3-4-8-13(12)14/h3-10,15H,1-2H3. The fourth-order valence-electron chi connectivity index (χ4n) is 1.81. The average molecular weight is 277 g/mol. The minimum absolute atomic E-state index is 0.193. The van der Waals surface area contributed by atoms with Gasteiger partial charge in [-0.1, -0.05) is 36.4 Å². The van der Waals surface area contributed by atoms with Crippen LogP contribution in [0.1, 0.15) is 13.8 Å². The van der Waals surface area contributed by atoms with Gasteiger partial charge in [-0.15, -0.1) is 0 Å². The summed E-state index contributed by atoms with van der Waals surface area (Å²) in [5, 5.41) is 1.49. The zero-order valence-electron chi connectivity index (χ0n) is 10.8. The van der Waals surface area contributed by atoms with E-state index in [2.05, 4.69) is 4.72 Å². The summed E-state index contributed by atoms with van der Waals surface area (Å²) in [6.07, 6.45) is 0. The molecule has 0 aliphatic heterocycles. The SMILES string of the molecule is CC(=O)C(C)NS(=O)(=O)c1cccc2ccccc12. The number of rotatable bonds is 4. The minimum Gasteiger partial charge on any atom is -0.298 e. The quantitative estimate of drug-likeness (QED) is 0.930. The first kappa shape index (κ1) is 13.7. The van der Waals surface area contributed by atoms with Gasteiger partial charge >= 0.3 is 0 Å². The summed E-state index contributed by atoms with van der Waals surface area (Å²) in [5.74, 6) is -0.219. The summed E-state index contributed by atoms with van der Waals surface area (Å²) in [4.78, 5) is 11.4. The van der Waals surface area contributed by atoms with Crippen LogP contribution in [0.5, 0.6) is 0 Å². The molecule has 0 saturated heterocycles. The molecular weight excluding hydrogens is 262 g/mol. The second-order valence-electron chi connectivity index (χ2n) is 4.43. The first-order valence-corrected chi connectivity index (χ1v) is 7.40. The molecule has 2 rings (SSSR count). The maximum absolute atomic E-state index is 12.3. The third-order valence-electron chi connectivity index (χ3n) is 2.98. The maximum atomic E-state index is 12.3. The number of benzene rings is 2. The average Bonchev–Trinajstić information content (AvgIpc) is 2.37. The molecular formula is C14H15NO3S. The Kier molecular flexibility index (Phi) is 3.68. The third kappa shape index (κ3) is 2.83. The van der Waals surface area contributed by atoms with Gasteiger partial charge in [-0.2, -0.15) is 0 Å². The van der Waals surface area contributed by atoms with Crippen molar-refractivity contribution >= 4 is 26.6 Å². The van der Waals surface area contributed by atoms with E-state index in [0.29, 0.717) is 5.39 Å². The van der Waals surface area contributed by atoms with Gasteiger partial charge in [-0.05, 0) is 25.3 Å². The van der Waals surface area contributed by atoms with E-state index < -0.39 is 16.1 Å². The van der Waals surface area contributed by atoms with Crippen molar-refractivity contribution in [2.24, 2.45) is 0 Å². The highest BCUT2D eigenvalue weighted by molar-refractivity contribution is 7.89. The van der Waals surface area contributed by atoms with Crippen LogP contribution in [0, 0.1) is 0 Å². The van der Waals surface area contributed by atoms with E-state index in [1.54, 1.807) is 18.2 Å². The predicted octanol–water partition coefficient (Wildman–Crippen LogP) is 2.10. The van der Waals surface area contributed by atoms with Crippen LogP contribution in [0.25, 0.3) is 10.8 Å². The Morgan fingerprint density at radius 2 is 1.74 bits per heavy atom. The summed E-state index contributed by atoms with van der Waals surface area (Å²) in [6.45, 7) is 2.89. The highest BCUT2D eigenvalue weighted by atomic mass is 32.2. The molecule has 0 saturated carbocycles. The Labute approximate surface area is 112 Å². The molecule has 1 unspecified atom stereocenters. The Balaban J connectivity index is 2.52. The summed E-state index contributed by atoms with van der Waals surface area (Å²) in [5.41, 5.74) is 0. The molecule has 0 radical (unpaired) electrons. The van der Waals surface area contributed by atoms with Crippen LogP contribution < -0.4 is 4.72 Å². The van der Waals surface area contributed by atoms with Gasteiger partial charge in [0.15, 0.2) is 0 Å². The topological polar surface area (TPSA) is 63.2 Å². The summed E-state index contributed by atoms with van der Waals surface area (Å²) >= 11 is 0. The second-order valence-corrected chi connectivity index (χ2v) is 6.11. The summed E-state index contributed by atoms with van der Waals surface area (Å²) < 4.78 is 27.0. The molecule has 19 heavy (non-hydrogen) atoms. The third-order valence-corrected chi connectivity index (χ3v) is 4.58. The van der Waals surface area contributed by atoms with E-state index in [1.165, 1.54) is 19.9 Å². The molecule has 0 aromatic heterocycles. The van der Waals surface area contributed by atoms with E-state index in [4.69, 9.17) is 0 Å². The van der Waals surface area contributed by atoms with E-state index in [-0.39, 0.29) is 10.7 Å². The smallest absolute Gasteiger partial charge is 0.241 e. The lowest BCUT2D eigenvalue weighted by molar-refractivity contribution is -0.118. The molecule has 0 amide bonds. The normalized spacial score (nSPS) is 13.4. The van der Waals surface area contributed by atoms with Crippen molar-refractivity contribution in [3.05, 3.63) is 42.5 Å². The van der Waals surface area contributed by atoms with Crippen molar-refractivity contribution in [3.8, 4) is 0 Å². The fraction of sp³-hybridized carbons (Fsp3) is 0.214. The fourth-order valence-corrected chi connectivity index (χ4v) is 3.30. The number of Topliss-reactive ketones (excluding diaryl/α,β-unsaturated/α-hetero) is 1. The van der Waals surface area contributed by atoms with Gasteiger partial charge in [-0.3, -0.25) is 4.79 Å². The van der Waals surface area contributed by atoms with E-state index in [9.17, 15) is 13.2 Å². The van der Waals surface area contributed by atoms with Crippen LogP contribution in [0.3, 0.4) is 0 Å². The molecule has 100 valence electrons. The molecule has 0 aliphatic rings. The molecule has 2 aromatic carbocycles. The molecule has 1 atom stereocenters. The molecule has 2 aromatic rings. The predicted molar refractivity (Wildman–Crippen MR) is 74.4 cm³/mol. The van der Waals surface area contributed by atoms with Crippen molar-refractivity contribution in [1.29, 1.82) is 0 Å². The van der Waals surface area contributed by atoms with Gasteiger partial charge in [0, 0.05) is 5.39 Å². The van der Waals surface area contributed by atoms with Crippen molar-refractivity contribution in [2.45, 2.75) is 24.8 Å². The number of carbonyl (C=O) groups is 1. The van der Waals surface area contributed by atoms with Crippen molar-refractivity contribution < 1.29 is 13.2 Å². The first-order chi connectivity index (χ1) is 8.92. The second kappa shape index (κ2) is 5.11. The lowest BCUT2D eigenvalue weighted by atomic mass is 10.1. The number of hydrogen-bond donors (Lipinski definition) is 1. The zero-order chi connectivity index (χ0) is 14.0. The van der Waals surface area contributed by atoms with Gasteiger partial charge in [0.05, 0.1) is 10.9 Å². The Hall–Kier alpha value is -1.72. The number of hydrogen-bond acceptors (Lipinski definition) is 3. The van der Waals surface area contributed by atoms with Crippen LogP contribution in [0.2, 0.25) is 0 Å². The van der Waals surface area contributed by atoms with Gasteiger partial charge in [0.2, 0.25) is 10.0 Å². The van der Waals surface area contributed by atoms with E-state index >= 15 is 0 Å². The molecule has 0 bridgehead atoms. The van der Waals surface area contributed by atoms with Crippen LogP contribution in [-0.4, -0.2) is 20.2 Å². The molecule has 4 nitrogen and oxygen atoms in total. The van der Waals surface area contributed by atoms with Crippen LogP contribution in [0.15, 0.2) is 47.4 Å². The van der Waals surface area contributed by atoms with Gasteiger partial charge in [0.1, 0.15) is 5.78 Å². The number of carbonyl (C=O) groups excluding carboxylic acids is 1. The van der Waals surface area contributed by atoms with Gasteiger partial charge < -0.3 is 0 Å². The van der Waals surface area contributed by atoms with Gasteiger partial charge in [-0.25, -0.2) is 13.1 Å². The number of nitrogens with one attached hydrogen (secondary N) is 1. The lowest BCUT2D eigenvalue weighted by Gasteiger charge is -2.13. The van der Waals surface area contributed by atoms with E-state index in [0.717, 1.165) is 5.39 Å². The molecule has 1 N–H and O–H groups in total. The monoisotopic (exact) mass is 277 g/mol. The Morgan fingerprint density at radius 1 is 1.11 bits per heavy atom. The Morgan fingerprint density at radius 3 is 2.42 bits per heavy atom. The first-order valence-electron chi connectivity index (χ1n) is 5.92. The number of sulfonamides is 1. The zero-order valence-corrected chi connectivity index (χ0v) is 11.6. The van der Waals surface area contributed by atoms with Crippen LogP contribution >= 0.6 is 0 Å². The van der Waals surface area contributed by atoms with Crippen LogP contribution in [-0.2, 0) is 14.8 Å². The van der Waals surface area contributed by atoms with Crippen LogP contribution in [0.4, 0.5) is 0 Å². The Bertz CT molecular complexity index is 717. The van der Waals surface area contributed by atoms with Crippen molar-refractivity contribution in [2.75, 3.05) is 0 Å². The maximum Gasteiger partial charge on any atom is 0.241 e. The summed E-state index contributed by atoms with van der Waals surface area (Å²) in [7, 11) is -3.70. The highest BCUT2D eigenvalue weighted by Crippen LogP contribution is 2.22. The summed E-state index contributed by atoms with van der Waals surface area (Å²) in [6, 6.07) is 11.6. The molecule has 0 spiro atoms. The highest BCUT2D eigenvalue weighted by Gasteiger charge is 2.21. The van der Waals surface area contributed by atoms with E-state index in [1.807, 2.05) is 18.2 Å².